The minimum Gasteiger partial charge on any atom is -0.336 e. The van der Waals surface area contributed by atoms with Crippen molar-refractivity contribution in [2.75, 3.05) is 23.3 Å². The van der Waals surface area contributed by atoms with Crippen molar-refractivity contribution in [3.05, 3.63) is 71.0 Å². The number of hydrogen-bond donors (Lipinski definition) is 2. The number of amides is 3. The van der Waals surface area contributed by atoms with Crippen LogP contribution in [-0.2, 0) is 0 Å². The van der Waals surface area contributed by atoms with Crippen molar-refractivity contribution in [3.63, 3.8) is 0 Å². The molecular formula is C20H18ClN5O2. The van der Waals surface area contributed by atoms with Crippen molar-refractivity contribution in [1.29, 1.82) is 0 Å². The van der Waals surface area contributed by atoms with Crippen LogP contribution in [0.5, 0.6) is 0 Å². The van der Waals surface area contributed by atoms with Gasteiger partial charge in [-0.1, -0.05) is 23.7 Å². The molecule has 1 aromatic heterocycles. The fraction of sp³-hybridized carbons (Fsp3) is 0.150. The number of halogens is 1. The van der Waals surface area contributed by atoms with Crippen LogP contribution < -0.4 is 15.5 Å². The molecule has 0 saturated carbocycles. The van der Waals surface area contributed by atoms with Crippen LogP contribution >= 0.6 is 11.6 Å². The Hall–Kier alpha value is -3.32. The molecule has 4 rings (SSSR count). The Balaban J connectivity index is 1.56. The largest absolute Gasteiger partial charge is 0.336 e. The SMILES string of the molecule is Cc1c(C(=O)Nc2cccc(N3CCNC3=O)c2)cnn1-c1cccc(Cl)c1. The first-order chi connectivity index (χ1) is 13.5. The Morgan fingerprint density at radius 1 is 1.18 bits per heavy atom. The predicted octanol–water partition coefficient (Wildman–Crippen LogP) is 3.62. The monoisotopic (exact) mass is 395 g/mol. The molecule has 7 nitrogen and oxygen atoms in total. The van der Waals surface area contributed by atoms with Crippen molar-refractivity contribution >= 4 is 34.9 Å². The molecule has 8 heteroatoms. The minimum absolute atomic E-state index is 0.137. The highest BCUT2D eigenvalue weighted by Gasteiger charge is 2.21. The van der Waals surface area contributed by atoms with Gasteiger partial charge in [-0.3, -0.25) is 9.69 Å². The standard InChI is InChI=1S/C20H18ClN5O2/c1-13-18(12-23-26(13)17-7-2-4-14(21)10-17)19(27)24-15-5-3-6-16(11-15)25-9-8-22-20(25)28/h2-7,10-12H,8-9H2,1H3,(H,22,28)(H,24,27). The van der Waals surface area contributed by atoms with Gasteiger partial charge in [0, 0.05) is 29.5 Å². The quantitative estimate of drug-likeness (QED) is 0.708. The number of carbonyl (C=O) groups excluding carboxylic acids is 2. The second kappa shape index (κ2) is 7.36. The Kier molecular flexibility index (Phi) is 4.75. The highest BCUT2D eigenvalue weighted by atomic mass is 35.5. The van der Waals surface area contributed by atoms with Crippen LogP contribution in [0.1, 0.15) is 16.1 Å². The fourth-order valence-electron chi connectivity index (χ4n) is 3.17. The van der Waals surface area contributed by atoms with Gasteiger partial charge in [0.2, 0.25) is 0 Å². The average molecular weight is 396 g/mol. The lowest BCUT2D eigenvalue weighted by Gasteiger charge is -2.15. The van der Waals surface area contributed by atoms with Crippen LogP contribution in [-0.4, -0.2) is 34.8 Å². The van der Waals surface area contributed by atoms with E-state index in [1.807, 2.05) is 25.1 Å². The van der Waals surface area contributed by atoms with Gasteiger partial charge in [-0.25, -0.2) is 9.48 Å². The maximum Gasteiger partial charge on any atom is 0.321 e. The van der Waals surface area contributed by atoms with E-state index in [1.54, 1.807) is 39.9 Å². The summed E-state index contributed by atoms with van der Waals surface area (Å²) >= 11 is 6.05. The van der Waals surface area contributed by atoms with Gasteiger partial charge in [0.15, 0.2) is 0 Å². The van der Waals surface area contributed by atoms with Gasteiger partial charge < -0.3 is 10.6 Å². The third-order valence-corrected chi connectivity index (χ3v) is 4.81. The van der Waals surface area contributed by atoms with E-state index in [4.69, 9.17) is 11.6 Å². The second-order valence-corrected chi connectivity index (χ2v) is 6.86. The molecule has 1 aliphatic heterocycles. The van der Waals surface area contributed by atoms with E-state index >= 15 is 0 Å². The molecule has 3 amide bonds. The van der Waals surface area contributed by atoms with Crippen molar-refractivity contribution in [2.24, 2.45) is 0 Å². The van der Waals surface area contributed by atoms with E-state index in [9.17, 15) is 9.59 Å². The van der Waals surface area contributed by atoms with E-state index in [0.29, 0.717) is 35.1 Å². The predicted molar refractivity (Wildman–Crippen MR) is 108 cm³/mol. The molecule has 1 saturated heterocycles. The van der Waals surface area contributed by atoms with E-state index in [1.165, 1.54) is 6.20 Å². The number of rotatable bonds is 4. The van der Waals surface area contributed by atoms with E-state index in [-0.39, 0.29) is 11.9 Å². The van der Waals surface area contributed by atoms with Gasteiger partial charge in [-0.2, -0.15) is 5.10 Å². The summed E-state index contributed by atoms with van der Waals surface area (Å²) in [4.78, 5) is 26.2. The smallest absolute Gasteiger partial charge is 0.321 e. The Morgan fingerprint density at radius 3 is 2.71 bits per heavy atom. The average Bonchev–Trinajstić information content (AvgIpc) is 3.27. The molecule has 0 radical (unpaired) electrons. The fourth-order valence-corrected chi connectivity index (χ4v) is 3.35. The number of carbonyl (C=O) groups is 2. The van der Waals surface area contributed by atoms with E-state index in [2.05, 4.69) is 15.7 Å². The Bertz CT molecular complexity index is 1060. The first-order valence-corrected chi connectivity index (χ1v) is 9.18. The lowest BCUT2D eigenvalue weighted by Crippen LogP contribution is -2.27. The molecule has 142 valence electrons. The number of anilines is 2. The molecule has 1 aliphatic rings. The van der Waals surface area contributed by atoms with Crippen molar-refractivity contribution in [2.45, 2.75) is 6.92 Å². The summed E-state index contributed by atoms with van der Waals surface area (Å²) in [5.41, 5.74) is 3.29. The molecule has 2 heterocycles. The molecular weight excluding hydrogens is 378 g/mol. The zero-order valence-corrected chi connectivity index (χ0v) is 15.9. The molecule has 2 aromatic carbocycles. The van der Waals surface area contributed by atoms with Crippen LogP contribution in [0, 0.1) is 6.92 Å². The van der Waals surface area contributed by atoms with Gasteiger partial charge in [0.1, 0.15) is 0 Å². The van der Waals surface area contributed by atoms with Crippen molar-refractivity contribution < 1.29 is 9.59 Å². The maximum atomic E-state index is 12.8. The summed E-state index contributed by atoms with van der Waals surface area (Å²) in [6.07, 6.45) is 1.53. The molecule has 0 unspecified atom stereocenters. The lowest BCUT2D eigenvalue weighted by molar-refractivity contribution is 0.102. The lowest BCUT2D eigenvalue weighted by atomic mass is 10.2. The number of nitrogens with one attached hydrogen (secondary N) is 2. The number of hydrogen-bond acceptors (Lipinski definition) is 3. The minimum atomic E-state index is -0.270. The molecule has 2 N–H and O–H groups in total. The molecule has 0 atom stereocenters. The summed E-state index contributed by atoms with van der Waals surface area (Å²) in [6.45, 7) is 3.03. The van der Waals surface area contributed by atoms with Gasteiger partial charge in [0.05, 0.1) is 23.1 Å². The topological polar surface area (TPSA) is 79.3 Å². The molecule has 0 aliphatic carbocycles. The van der Waals surface area contributed by atoms with Gasteiger partial charge in [-0.05, 0) is 43.3 Å². The molecule has 3 aromatic rings. The second-order valence-electron chi connectivity index (χ2n) is 6.42. The Labute approximate surface area is 166 Å². The van der Waals surface area contributed by atoms with Crippen LogP contribution in [0.25, 0.3) is 5.69 Å². The zero-order chi connectivity index (χ0) is 19.7. The van der Waals surface area contributed by atoms with Crippen LogP contribution in [0.4, 0.5) is 16.2 Å². The highest BCUT2D eigenvalue weighted by Crippen LogP contribution is 2.23. The number of aromatic nitrogens is 2. The van der Waals surface area contributed by atoms with E-state index in [0.717, 1.165) is 11.4 Å². The number of urea groups is 1. The molecule has 0 spiro atoms. The van der Waals surface area contributed by atoms with E-state index < -0.39 is 0 Å². The number of benzene rings is 2. The normalized spacial score (nSPS) is 13.5. The molecule has 0 bridgehead atoms. The summed E-state index contributed by atoms with van der Waals surface area (Å²) in [5, 5.41) is 10.6. The molecule has 28 heavy (non-hydrogen) atoms. The van der Waals surface area contributed by atoms with Crippen LogP contribution in [0.3, 0.4) is 0 Å². The van der Waals surface area contributed by atoms with Crippen LogP contribution in [0.15, 0.2) is 54.7 Å². The summed E-state index contributed by atoms with van der Waals surface area (Å²) in [6, 6.07) is 14.3. The molecule has 1 fully saturated rings. The first kappa shape index (κ1) is 18.1. The highest BCUT2D eigenvalue weighted by molar-refractivity contribution is 6.30. The Morgan fingerprint density at radius 2 is 1.96 bits per heavy atom. The van der Waals surface area contributed by atoms with Gasteiger partial charge in [0.25, 0.3) is 5.91 Å². The third-order valence-electron chi connectivity index (χ3n) is 4.58. The van der Waals surface area contributed by atoms with Crippen molar-refractivity contribution in [1.82, 2.24) is 15.1 Å². The van der Waals surface area contributed by atoms with Crippen molar-refractivity contribution in [3.8, 4) is 5.69 Å². The summed E-state index contributed by atoms with van der Waals surface area (Å²) in [5.74, 6) is -0.270. The first-order valence-electron chi connectivity index (χ1n) is 8.80. The third kappa shape index (κ3) is 3.44. The summed E-state index contributed by atoms with van der Waals surface area (Å²) in [7, 11) is 0. The maximum absolute atomic E-state index is 12.8. The number of nitrogens with zero attached hydrogens (tertiary/aromatic N) is 3. The van der Waals surface area contributed by atoms with Crippen LogP contribution in [0.2, 0.25) is 5.02 Å². The zero-order valence-electron chi connectivity index (χ0n) is 15.1. The van der Waals surface area contributed by atoms with Gasteiger partial charge >= 0.3 is 6.03 Å². The van der Waals surface area contributed by atoms with Gasteiger partial charge in [-0.15, -0.1) is 0 Å². The summed E-state index contributed by atoms with van der Waals surface area (Å²) < 4.78 is 1.67.